The molecule has 128 valence electrons. The molecule has 0 aliphatic heterocycles. The first-order valence-corrected chi connectivity index (χ1v) is 10.5. The topological polar surface area (TPSA) is 53.8 Å². The Morgan fingerprint density at radius 1 is 1.33 bits per heavy atom. The monoisotopic (exact) mass is 362 g/mol. The fraction of sp³-hybridized carbons (Fsp3) is 0.737. The largest absolute Gasteiger partial charge is 0.298 e. The highest BCUT2D eigenvalue weighted by molar-refractivity contribution is 7.10. The first-order valence-electron chi connectivity index (χ1n) is 9.08. The molecule has 4 aliphatic carbocycles. The number of nitrogens with zero attached hydrogens (tertiary/aromatic N) is 2. The Kier molecular flexibility index (Phi) is 4.43. The standard InChI is InChI=1S/C19H23ClN2OS/c20-3-1-2-16(23)15(10-21)18-22-17(11-24-18)19-7-12-4-13(8-19)6-14(5-12)9-19/h11-15H,1-9H2. The van der Waals surface area contributed by atoms with Crippen LogP contribution in [0.3, 0.4) is 0 Å². The quantitative estimate of drug-likeness (QED) is 0.682. The first kappa shape index (κ1) is 16.5. The van der Waals surface area contributed by atoms with Crippen molar-refractivity contribution in [1.82, 2.24) is 4.98 Å². The number of nitriles is 1. The summed E-state index contributed by atoms with van der Waals surface area (Å²) in [7, 11) is 0. The molecule has 1 unspecified atom stereocenters. The van der Waals surface area contributed by atoms with Gasteiger partial charge in [-0.3, -0.25) is 4.79 Å². The molecule has 0 spiro atoms. The van der Waals surface area contributed by atoms with E-state index in [2.05, 4.69) is 11.4 Å². The van der Waals surface area contributed by atoms with Gasteiger partial charge >= 0.3 is 0 Å². The zero-order valence-corrected chi connectivity index (χ0v) is 15.4. The van der Waals surface area contributed by atoms with Crippen LogP contribution in [0.2, 0.25) is 0 Å². The summed E-state index contributed by atoms with van der Waals surface area (Å²) in [6, 6.07) is 2.17. The van der Waals surface area contributed by atoms with E-state index in [0.717, 1.165) is 17.8 Å². The third-order valence-corrected chi connectivity index (χ3v) is 7.54. The lowest BCUT2D eigenvalue weighted by Crippen LogP contribution is -2.48. The third-order valence-electron chi connectivity index (χ3n) is 6.36. The molecule has 0 aromatic carbocycles. The van der Waals surface area contributed by atoms with E-state index in [1.165, 1.54) is 55.6 Å². The summed E-state index contributed by atoms with van der Waals surface area (Å²) < 4.78 is 0. The van der Waals surface area contributed by atoms with Crippen LogP contribution >= 0.6 is 22.9 Å². The lowest BCUT2D eigenvalue weighted by atomic mass is 9.49. The SMILES string of the molecule is N#CC(C(=O)CCCCl)c1nc(C23CC4CC(CC(C4)C2)C3)cs1. The lowest BCUT2D eigenvalue weighted by Gasteiger charge is -2.56. The molecule has 0 saturated heterocycles. The number of aromatic nitrogens is 1. The second-order valence-electron chi connectivity index (χ2n) is 8.09. The van der Waals surface area contributed by atoms with E-state index in [1.54, 1.807) is 0 Å². The Hall–Kier alpha value is -0.920. The van der Waals surface area contributed by atoms with Crippen LogP contribution in [0.4, 0.5) is 0 Å². The van der Waals surface area contributed by atoms with E-state index >= 15 is 0 Å². The summed E-state index contributed by atoms with van der Waals surface area (Å²) in [6.07, 6.45) is 9.02. The van der Waals surface area contributed by atoms with Crippen molar-refractivity contribution in [3.8, 4) is 6.07 Å². The summed E-state index contributed by atoms with van der Waals surface area (Å²) in [4.78, 5) is 17.1. The number of hydrogen-bond acceptors (Lipinski definition) is 4. The average Bonchev–Trinajstić information content (AvgIpc) is 3.03. The summed E-state index contributed by atoms with van der Waals surface area (Å²) in [5, 5.41) is 12.3. The molecule has 4 fully saturated rings. The molecule has 5 heteroatoms. The Bertz CT molecular complexity index is 642. The highest BCUT2D eigenvalue weighted by atomic mass is 35.5. The number of alkyl halides is 1. The second-order valence-corrected chi connectivity index (χ2v) is 9.36. The molecule has 5 rings (SSSR count). The Morgan fingerprint density at radius 3 is 2.50 bits per heavy atom. The Labute approximate surface area is 152 Å². The summed E-state index contributed by atoms with van der Waals surface area (Å²) in [5.41, 5.74) is 1.41. The van der Waals surface area contributed by atoms with E-state index in [-0.39, 0.29) is 11.2 Å². The van der Waals surface area contributed by atoms with Gasteiger partial charge in [0.15, 0.2) is 11.7 Å². The second kappa shape index (κ2) is 6.42. The molecule has 1 aromatic rings. The number of thiazole rings is 1. The van der Waals surface area contributed by atoms with Gasteiger partial charge in [-0.05, 0) is 62.7 Å². The van der Waals surface area contributed by atoms with Gasteiger partial charge < -0.3 is 0 Å². The van der Waals surface area contributed by atoms with Crippen molar-refractivity contribution in [2.75, 3.05) is 5.88 Å². The number of carbonyl (C=O) groups is 1. The minimum absolute atomic E-state index is 0.0374. The van der Waals surface area contributed by atoms with Crippen molar-refractivity contribution in [2.45, 2.75) is 62.7 Å². The molecule has 3 nitrogen and oxygen atoms in total. The molecule has 0 N–H and O–H groups in total. The lowest BCUT2D eigenvalue weighted by molar-refractivity contribution is -0.119. The smallest absolute Gasteiger partial charge is 0.156 e. The zero-order chi connectivity index (χ0) is 16.7. The van der Waals surface area contributed by atoms with E-state index in [4.69, 9.17) is 16.6 Å². The van der Waals surface area contributed by atoms with Gasteiger partial charge in [0.25, 0.3) is 0 Å². The van der Waals surface area contributed by atoms with Crippen LogP contribution in [0.1, 0.15) is 68.0 Å². The number of halogens is 1. The van der Waals surface area contributed by atoms with Gasteiger partial charge in [-0.15, -0.1) is 22.9 Å². The highest BCUT2D eigenvalue weighted by Gasteiger charge is 2.52. The van der Waals surface area contributed by atoms with Crippen LogP contribution in [0.5, 0.6) is 0 Å². The van der Waals surface area contributed by atoms with Gasteiger partial charge in [-0.1, -0.05) is 0 Å². The molecule has 4 saturated carbocycles. The van der Waals surface area contributed by atoms with Crippen molar-refractivity contribution in [3.05, 3.63) is 16.1 Å². The van der Waals surface area contributed by atoms with Crippen LogP contribution in [0.15, 0.2) is 5.38 Å². The van der Waals surface area contributed by atoms with Crippen molar-refractivity contribution in [3.63, 3.8) is 0 Å². The maximum atomic E-state index is 12.3. The maximum Gasteiger partial charge on any atom is 0.156 e. The van der Waals surface area contributed by atoms with Crippen LogP contribution < -0.4 is 0 Å². The fourth-order valence-corrected chi connectivity index (χ4v) is 6.88. The number of hydrogen-bond donors (Lipinski definition) is 0. The maximum absolute atomic E-state index is 12.3. The normalized spacial score (nSPS) is 34.9. The molecule has 1 atom stereocenters. The van der Waals surface area contributed by atoms with E-state index in [0.29, 0.717) is 23.7 Å². The Balaban J connectivity index is 1.56. The summed E-state index contributed by atoms with van der Waals surface area (Å²) >= 11 is 7.18. The number of rotatable bonds is 6. The summed E-state index contributed by atoms with van der Waals surface area (Å²) in [6.45, 7) is 0. The molecular formula is C19H23ClN2OS. The van der Waals surface area contributed by atoms with Gasteiger partial charge in [0.2, 0.25) is 0 Å². The van der Waals surface area contributed by atoms with Gasteiger partial charge in [-0.25, -0.2) is 4.98 Å². The molecular weight excluding hydrogens is 340 g/mol. The van der Waals surface area contributed by atoms with Crippen molar-refractivity contribution < 1.29 is 4.79 Å². The zero-order valence-electron chi connectivity index (χ0n) is 13.8. The molecule has 1 heterocycles. The van der Waals surface area contributed by atoms with Crippen LogP contribution in [-0.2, 0) is 10.2 Å². The highest BCUT2D eigenvalue weighted by Crippen LogP contribution is 2.60. The van der Waals surface area contributed by atoms with Gasteiger partial charge in [0.1, 0.15) is 5.01 Å². The van der Waals surface area contributed by atoms with Gasteiger partial charge in [-0.2, -0.15) is 5.26 Å². The molecule has 4 bridgehead atoms. The molecule has 0 amide bonds. The van der Waals surface area contributed by atoms with Crippen molar-refractivity contribution in [2.24, 2.45) is 17.8 Å². The predicted molar refractivity (Wildman–Crippen MR) is 95.3 cm³/mol. The first-order chi connectivity index (χ1) is 11.6. The Morgan fingerprint density at radius 2 is 1.96 bits per heavy atom. The molecule has 24 heavy (non-hydrogen) atoms. The predicted octanol–water partition coefficient (Wildman–Crippen LogP) is 4.81. The van der Waals surface area contributed by atoms with Crippen LogP contribution in [-0.4, -0.2) is 16.6 Å². The minimum Gasteiger partial charge on any atom is -0.298 e. The van der Waals surface area contributed by atoms with E-state index < -0.39 is 5.92 Å². The minimum atomic E-state index is -0.708. The molecule has 1 aromatic heterocycles. The van der Waals surface area contributed by atoms with Crippen LogP contribution in [0.25, 0.3) is 0 Å². The number of carbonyl (C=O) groups excluding carboxylic acids is 1. The van der Waals surface area contributed by atoms with Crippen LogP contribution in [0, 0.1) is 29.1 Å². The van der Waals surface area contributed by atoms with Crippen molar-refractivity contribution in [1.29, 1.82) is 5.26 Å². The number of ketones is 1. The molecule has 4 aliphatic rings. The van der Waals surface area contributed by atoms with Crippen molar-refractivity contribution >= 4 is 28.7 Å². The van der Waals surface area contributed by atoms with E-state index in [9.17, 15) is 10.1 Å². The van der Waals surface area contributed by atoms with Gasteiger partial charge in [0, 0.05) is 23.1 Å². The summed E-state index contributed by atoms with van der Waals surface area (Å²) in [5.74, 6) is 2.33. The fourth-order valence-electron chi connectivity index (χ4n) is 5.74. The molecule has 0 radical (unpaired) electrons. The third kappa shape index (κ3) is 2.80. The average molecular weight is 363 g/mol. The number of Topliss-reactive ketones (excluding diaryl/α,β-unsaturated/α-hetero) is 1. The van der Waals surface area contributed by atoms with Gasteiger partial charge in [0.05, 0.1) is 11.8 Å². The van der Waals surface area contributed by atoms with E-state index in [1.807, 2.05) is 0 Å².